The Balaban J connectivity index is 2.62. The second kappa shape index (κ2) is 7.46. The molecule has 1 fully saturated rings. The summed E-state index contributed by atoms with van der Waals surface area (Å²) in [7, 11) is 0. The van der Waals surface area contributed by atoms with Gasteiger partial charge >= 0.3 is 0 Å². The van der Waals surface area contributed by atoms with Crippen molar-refractivity contribution >= 4 is 0 Å². The van der Waals surface area contributed by atoms with Crippen LogP contribution in [0.3, 0.4) is 0 Å². The molecule has 0 spiro atoms. The topological polar surface area (TPSA) is 49.5 Å². The van der Waals surface area contributed by atoms with Crippen molar-refractivity contribution in [3.05, 3.63) is 0 Å². The Morgan fingerprint density at radius 1 is 1.44 bits per heavy atom. The van der Waals surface area contributed by atoms with Crippen molar-refractivity contribution in [3.63, 3.8) is 0 Å². The van der Waals surface area contributed by atoms with Gasteiger partial charge in [-0.2, -0.15) is 0 Å². The summed E-state index contributed by atoms with van der Waals surface area (Å²) in [6.45, 7) is 10.0. The van der Waals surface area contributed by atoms with Crippen LogP contribution in [0.15, 0.2) is 0 Å². The van der Waals surface area contributed by atoms with E-state index >= 15 is 0 Å². The highest BCUT2D eigenvalue weighted by atomic mass is 16.3. The summed E-state index contributed by atoms with van der Waals surface area (Å²) in [4.78, 5) is 2.50. The standard InChI is InChI=1S/C15H32N2O/c1-13(2)17(8-5-9-18)12-15(11-16)7-4-6-14(3)10-15/h13-14,18H,4-12,16H2,1-3H3. The lowest BCUT2D eigenvalue weighted by molar-refractivity contribution is 0.0680. The quantitative estimate of drug-likeness (QED) is 0.734. The first-order valence-electron chi connectivity index (χ1n) is 7.58. The summed E-state index contributed by atoms with van der Waals surface area (Å²) in [6.07, 6.45) is 6.10. The van der Waals surface area contributed by atoms with Gasteiger partial charge < -0.3 is 15.7 Å². The molecule has 0 aromatic rings. The van der Waals surface area contributed by atoms with Gasteiger partial charge in [-0.25, -0.2) is 0 Å². The molecule has 3 nitrogen and oxygen atoms in total. The van der Waals surface area contributed by atoms with E-state index in [2.05, 4.69) is 25.7 Å². The zero-order chi connectivity index (χ0) is 13.6. The van der Waals surface area contributed by atoms with Crippen LogP contribution in [0.4, 0.5) is 0 Å². The van der Waals surface area contributed by atoms with Gasteiger partial charge in [0.05, 0.1) is 0 Å². The van der Waals surface area contributed by atoms with Crippen molar-refractivity contribution < 1.29 is 5.11 Å². The first kappa shape index (κ1) is 15.9. The van der Waals surface area contributed by atoms with Crippen molar-refractivity contribution in [2.75, 3.05) is 26.2 Å². The lowest BCUT2D eigenvalue weighted by Crippen LogP contribution is -2.47. The smallest absolute Gasteiger partial charge is 0.0443 e. The van der Waals surface area contributed by atoms with Crippen molar-refractivity contribution in [1.82, 2.24) is 4.90 Å². The number of hydrogen-bond donors (Lipinski definition) is 2. The predicted octanol–water partition coefficient (Wildman–Crippen LogP) is 2.23. The van der Waals surface area contributed by atoms with Gasteiger partial charge in [0, 0.05) is 25.7 Å². The SMILES string of the molecule is CC1CCCC(CN)(CN(CCCO)C(C)C)C1. The maximum Gasteiger partial charge on any atom is 0.0443 e. The second-order valence-electron chi connectivity index (χ2n) is 6.55. The fourth-order valence-electron chi connectivity index (χ4n) is 3.39. The first-order chi connectivity index (χ1) is 8.53. The Kier molecular flexibility index (Phi) is 6.61. The van der Waals surface area contributed by atoms with Crippen LogP contribution in [0.2, 0.25) is 0 Å². The van der Waals surface area contributed by atoms with Gasteiger partial charge in [-0.3, -0.25) is 0 Å². The third-order valence-corrected chi connectivity index (χ3v) is 4.49. The van der Waals surface area contributed by atoms with Crippen molar-refractivity contribution in [2.24, 2.45) is 17.1 Å². The Bertz CT molecular complexity index is 233. The average molecular weight is 256 g/mol. The van der Waals surface area contributed by atoms with Gasteiger partial charge in [0.2, 0.25) is 0 Å². The Labute approximate surface area is 113 Å². The molecular weight excluding hydrogens is 224 g/mol. The fourth-order valence-corrected chi connectivity index (χ4v) is 3.39. The van der Waals surface area contributed by atoms with Crippen LogP contribution in [0.5, 0.6) is 0 Å². The highest BCUT2D eigenvalue weighted by molar-refractivity contribution is 4.89. The van der Waals surface area contributed by atoms with Gasteiger partial charge in [0.25, 0.3) is 0 Å². The zero-order valence-corrected chi connectivity index (χ0v) is 12.5. The predicted molar refractivity (Wildman–Crippen MR) is 77.5 cm³/mol. The number of aliphatic hydroxyl groups is 1. The summed E-state index contributed by atoms with van der Waals surface area (Å²) >= 11 is 0. The monoisotopic (exact) mass is 256 g/mol. The molecule has 2 atom stereocenters. The maximum atomic E-state index is 9.01. The summed E-state index contributed by atoms with van der Waals surface area (Å²) in [5.41, 5.74) is 6.42. The van der Waals surface area contributed by atoms with E-state index in [1.54, 1.807) is 0 Å². The average Bonchev–Trinajstić information content (AvgIpc) is 2.34. The van der Waals surface area contributed by atoms with Crippen molar-refractivity contribution in [1.29, 1.82) is 0 Å². The molecule has 108 valence electrons. The molecule has 18 heavy (non-hydrogen) atoms. The lowest BCUT2D eigenvalue weighted by atomic mass is 9.69. The maximum absolute atomic E-state index is 9.01. The minimum Gasteiger partial charge on any atom is -0.396 e. The van der Waals surface area contributed by atoms with Gasteiger partial charge in [-0.1, -0.05) is 19.8 Å². The van der Waals surface area contributed by atoms with Crippen LogP contribution in [-0.2, 0) is 0 Å². The fraction of sp³-hybridized carbons (Fsp3) is 1.00. The zero-order valence-electron chi connectivity index (χ0n) is 12.5. The van der Waals surface area contributed by atoms with Gasteiger partial charge in [-0.15, -0.1) is 0 Å². The van der Waals surface area contributed by atoms with Crippen LogP contribution < -0.4 is 5.73 Å². The molecule has 1 aliphatic rings. The highest BCUT2D eigenvalue weighted by Crippen LogP contribution is 2.39. The van der Waals surface area contributed by atoms with Crippen LogP contribution in [0.1, 0.15) is 52.9 Å². The third-order valence-electron chi connectivity index (χ3n) is 4.49. The summed E-state index contributed by atoms with van der Waals surface area (Å²) < 4.78 is 0. The van der Waals surface area contributed by atoms with E-state index in [4.69, 9.17) is 10.8 Å². The molecular formula is C15H32N2O. The molecule has 0 aromatic heterocycles. The molecule has 1 saturated carbocycles. The Hall–Kier alpha value is -0.120. The van der Waals surface area contributed by atoms with Crippen LogP contribution >= 0.6 is 0 Å². The normalized spacial score (nSPS) is 29.2. The van der Waals surface area contributed by atoms with Crippen LogP contribution in [-0.4, -0.2) is 42.3 Å². The molecule has 1 rings (SSSR count). The number of rotatable bonds is 7. The molecule has 0 aliphatic heterocycles. The second-order valence-corrected chi connectivity index (χ2v) is 6.55. The van der Waals surface area contributed by atoms with E-state index in [9.17, 15) is 0 Å². The molecule has 3 heteroatoms. The Morgan fingerprint density at radius 3 is 2.67 bits per heavy atom. The van der Waals surface area contributed by atoms with E-state index in [0.29, 0.717) is 11.5 Å². The molecule has 0 aromatic carbocycles. The van der Waals surface area contributed by atoms with Gasteiger partial charge in [0.1, 0.15) is 0 Å². The molecule has 0 saturated heterocycles. The molecule has 2 unspecified atom stereocenters. The molecule has 1 aliphatic carbocycles. The summed E-state index contributed by atoms with van der Waals surface area (Å²) in [5, 5.41) is 9.01. The van der Waals surface area contributed by atoms with E-state index in [1.165, 1.54) is 25.7 Å². The van der Waals surface area contributed by atoms with Crippen LogP contribution in [0, 0.1) is 11.3 Å². The van der Waals surface area contributed by atoms with E-state index in [1.807, 2.05) is 0 Å². The van der Waals surface area contributed by atoms with E-state index in [0.717, 1.165) is 32.0 Å². The molecule has 0 heterocycles. The lowest BCUT2D eigenvalue weighted by Gasteiger charge is -2.44. The molecule has 3 N–H and O–H groups in total. The Morgan fingerprint density at radius 2 is 2.17 bits per heavy atom. The van der Waals surface area contributed by atoms with Gasteiger partial charge in [0.15, 0.2) is 0 Å². The molecule has 0 radical (unpaired) electrons. The molecule has 0 bridgehead atoms. The number of nitrogens with zero attached hydrogens (tertiary/aromatic N) is 1. The van der Waals surface area contributed by atoms with Crippen molar-refractivity contribution in [2.45, 2.75) is 58.9 Å². The van der Waals surface area contributed by atoms with Crippen molar-refractivity contribution in [3.8, 4) is 0 Å². The summed E-state index contributed by atoms with van der Waals surface area (Å²) in [5.74, 6) is 0.814. The third kappa shape index (κ3) is 4.52. The van der Waals surface area contributed by atoms with E-state index in [-0.39, 0.29) is 6.61 Å². The minimum absolute atomic E-state index is 0.287. The number of nitrogens with two attached hydrogens (primary N) is 1. The minimum atomic E-state index is 0.287. The van der Waals surface area contributed by atoms with Gasteiger partial charge in [-0.05, 0) is 51.0 Å². The number of aliphatic hydroxyl groups excluding tert-OH is 1. The van der Waals surface area contributed by atoms with E-state index < -0.39 is 0 Å². The molecule has 0 amide bonds. The van der Waals surface area contributed by atoms with Crippen LogP contribution in [0.25, 0.3) is 0 Å². The largest absolute Gasteiger partial charge is 0.396 e. The summed E-state index contributed by atoms with van der Waals surface area (Å²) in [6, 6.07) is 0.539. The number of hydrogen-bond acceptors (Lipinski definition) is 3. The first-order valence-corrected chi connectivity index (χ1v) is 7.58. The highest BCUT2D eigenvalue weighted by Gasteiger charge is 2.35.